The summed E-state index contributed by atoms with van der Waals surface area (Å²) < 4.78 is 45.5. The highest BCUT2D eigenvalue weighted by Crippen LogP contribution is 2.29. The van der Waals surface area contributed by atoms with E-state index in [1.807, 2.05) is 0 Å². The van der Waals surface area contributed by atoms with Crippen LogP contribution < -0.4 is 9.47 Å². The largest absolute Gasteiger partial charge is 0.493 e. The Labute approximate surface area is 101 Å². The van der Waals surface area contributed by atoms with Gasteiger partial charge in [0.15, 0.2) is 6.61 Å². The second-order valence-electron chi connectivity index (χ2n) is 3.27. The van der Waals surface area contributed by atoms with Crippen molar-refractivity contribution in [2.45, 2.75) is 13.1 Å². The molecule has 0 saturated carbocycles. The molecule has 0 unspecified atom stereocenters. The van der Waals surface area contributed by atoms with Crippen molar-refractivity contribution < 1.29 is 32.5 Å². The van der Waals surface area contributed by atoms with Crippen LogP contribution in [0.15, 0.2) is 18.2 Å². The zero-order chi connectivity index (χ0) is 13.8. The van der Waals surface area contributed by atoms with Crippen LogP contribution in [0.3, 0.4) is 0 Å². The number of rotatable bonds is 5. The molecule has 1 N–H and O–H groups in total. The van der Waals surface area contributed by atoms with Crippen molar-refractivity contribution in [3.05, 3.63) is 23.8 Å². The molecule has 7 heteroatoms. The number of carboxylic acids is 1. The van der Waals surface area contributed by atoms with E-state index >= 15 is 0 Å². The average molecular weight is 264 g/mol. The van der Waals surface area contributed by atoms with Gasteiger partial charge in [-0.3, -0.25) is 0 Å². The fourth-order valence-electron chi connectivity index (χ4n) is 1.28. The minimum Gasteiger partial charge on any atom is -0.493 e. The van der Waals surface area contributed by atoms with Crippen molar-refractivity contribution in [1.29, 1.82) is 0 Å². The number of carbonyl (C=O) groups is 1. The predicted molar refractivity (Wildman–Crippen MR) is 56.1 cm³/mol. The summed E-state index contributed by atoms with van der Waals surface area (Å²) >= 11 is 0. The summed E-state index contributed by atoms with van der Waals surface area (Å²) in [5.74, 6) is -1.80. The molecule has 0 fully saturated rings. The summed E-state index contributed by atoms with van der Waals surface area (Å²) in [7, 11) is 0. The van der Waals surface area contributed by atoms with E-state index < -0.39 is 24.3 Å². The molecule has 0 aliphatic rings. The SMILES string of the molecule is CCOc1cccc(OCC(F)(F)F)c1C(=O)O. The molecule has 1 aromatic rings. The molecule has 0 heterocycles. The molecular weight excluding hydrogens is 253 g/mol. The van der Waals surface area contributed by atoms with Crippen LogP contribution in [-0.2, 0) is 0 Å². The molecule has 0 aromatic heterocycles. The van der Waals surface area contributed by atoms with E-state index in [0.29, 0.717) is 0 Å². The molecule has 18 heavy (non-hydrogen) atoms. The van der Waals surface area contributed by atoms with Crippen LogP contribution in [0.25, 0.3) is 0 Å². The Morgan fingerprint density at radius 3 is 2.28 bits per heavy atom. The third-order valence-electron chi connectivity index (χ3n) is 1.89. The molecule has 100 valence electrons. The molecule has 1 aromatic carbocycles. The Balaban J connectivity index is 3.03. The van der Waals surface area contributed by atoms with Crippen molar-refractivity contribution in [2.24, 2.45) is 0 Å². The molecule has 4 nitrogen and oxygen atoms in total. The number of aromatic carboxylic acids is 1. The zero-order valence-corrected chi connectivity index (χ0v) is 9.45. The van der Waals surface area contributed by atoms with E-state index in [-0.39, 0.29) is 18.1 Å². The van der Waals surface area contributed by atoms with E-state index in [9.17, 15) is 18.0 Å². The molecule has 0 radical (unpaired) electrons. The fraction of sp³-hybridized carbons (Fsp3) is 0.364. The lowest BCUT2D eigenvalue weighted by atomic mass is 10.2. The topological polar surface area (TPSA) is 55.8 Å². The first-order chi connectivity index (χ1) is 8.35. The number of hydrogen-bond acceptors (Lipinski definition) is 3. The molecule has 0 bridgehead atoms. The summed E-state index contributed by atoms with van der Waals surface area (Å²) in [5.41, 5.74) is -0.413. The van der Waals surface area contributed by atoms with E-state index in [1.165, 1.54) is 12.1 Å². The van der Waals surface area contributed by atoms with Gasteiger partial charge in [-0.1, -0.05) is 6.07 Å². The van der Waals surface area contributed by atoms with Crippen molar-refractivity contribution in [3.8, 4) is 11.5 Å². The molecule has 1 rings (SSSR count). The smallest absolute Gasteiger partial charge is 0.422 e. The van der Waals surface area contributed by atoms with E-state index in [0.717, 1.165) is 6.07 Å². The fourth-order valence-corrected chi connectivity index (χ4v) is 1.28. The molecule has 0 amide bonds. The van der Waals surface area contributed by atoms with Crippen molar-refractivity contribution >= 4 is 5.97 Å². The zero-order valence-electron chi connectivity index (χ0n) is 9.45. The van der Waals surface area contributed by atoms with Crippen LogP contribution in [0, 0.1) is 0 Å². The first-order valence-electron chi connectivity index (χ1n) is 5.03. The number of ether oxygens (including phenoxy) is 2. The third kappa shape index (κ3) is 3.83. The lowest BCUT2D eigenvalue weighted by Crippen LogP contribution is -2.20. The molecular formula is C11H11F3O4. The Hall–Kier alpha value is -1.92. The maximum atomic E-state index is 12.0. The van der Waals surface area contributed by atoms with Crippen LogP contribution in [0.1, 0.15) is 17.3 Å². The summed E-state index contributed by atoms with van der Waals surface area (Å²) in [4.78, 5) is 11.0. The number of carboxylic acid groups (broad SMARTS) is 1. The molecule has 0 aliphatic carbocycles. The number of halogens is 3. The summed E-state index contributed by atoms with van der Waals surface area (Å²) in [6, 6.07) is 3.87. The van der Waals surface area contributed by atoms with Crippen LogP contribution in [0.4, 0.5) is 13.2 Å². The second-order valence-corrected chi connectivity index (χ2v) is 3.27. The van der Waals surface area contributed by atoms with Crippen LogP contribution in [0.5, 0.6) is 11.5 Å². The van der Waals surface area contributed by atoms with Gasteiger partial charge in [-0.05, 0) is 19.1 Å². The van der Waals surface area contributed by atoms with Gasteiger partial charge in [0.05, 0.1) is 6.61 Å². The van der Waals surface area contributed by atoms with Gasteiger partial charge >= 0.3 is 12.1 Å². The van der Waals surface area contributed by atoms with Gasteiger partial charge in [0.1, 0.15) is 17.1 Å². The minimum atomic E-state index is -4.53. The monoisotopic (exact) mass is 264 g/mol. The van der Waals surface area contributed by atoms with E-state index in [2.05, 4.69) is 4.74 Å². The Morgan fingerprint density at radius 2 is 1.83 bits per heavy atom. The highest BCUT2D eigenvalue weighted by Gasteiger charge is 2.29. The Bertz CT molecular complexity index is 429. The maximum Gasteiger partial charge on any atom is 0.422 e. The Morgan fingerprint density at radius 1 is 1.28 bits per heavy atom. The van der Waals surface area contributed by atoms with E-state index in [4.69, 9.17) is 9.84 Å². The van der Waals surface area contributed by atoms with Crippen LogP contribution >= 0.6 is 0 Å². The van der Waals surface area contributed by atoms with Gasteiger partial charge in [-0.2, -0.15) is 13.2 Å². The summed E-state index contributed by atoms with van der Waals surface area (Å²) in [6.45, 7) is 0.279. The standard InChI is InChI=1S/C11H11F3O4/c1-2-17-7-4-3-5-8(9(7)10(15)16)18-6-11(12,13)14/h3-5H,2,6H2,1H3,(H,15,16). The van der Waals surface area contributed by atoms with Gasteiger partial charge in [0.2, 0.25) is 0 Å². The summed E-state index contributed by atoms with van der Waals surface area (Å²) in [6.07, 6.45) is -4.53. The van der Waals surface area contributed by atoms with Crippen molar-refractivity contribution in [1.82, 2.24) is 0 Å². The normalized spacial score (nSPS) is 11.1. The van der Waals surface area contributed by atoms with Crippen LogP contribution in [0.2, 0.25) is 0 Å². The second kappa shape index (κ2) is 5.61. The predicted octanol–water partition coefficient (Wildman–Crippen LogP) is 2.72. The lowest BCUT2D eigenvalue weighted by Gasteiger charge is -2.14. The first kappa shape index (κ1) is 14.1. The maximum absolute atomic E-state index is 12.0. The van der Waals surface area contributed by atoms with Crippen molar-refractivity contribution in [3.63, 3.8) is 0 Å². The molecule has 0 aliphatic heterocycles. The molecule has 0 spiro atoms. The van der Waals surface area contributed by atoms with Gasteiger partial charge in [0.25, 0.3) is 0 Å². The quantitative estimate of drug-likeness (QED) is 0.888. The molecule has 0 atom stereocenters. The van der Waals surface area contributed by atoms with Gasteiger partial charge in [0, 0.05) is 0 Å². The van der Waals surface area contributed by atoms with Gasteiger partial charge in [-0.15, -0.1) is 0 Å². The number of alkyl halides is 3. The summed E-state index contributed by atoms with van der Waals surface area (Å²) in [5, 5.41) is 8.96. The van der Waals surface area contributed by atoms with Gasteiger partial charge < -0.3 is 14.6 Å². The number of hydrogen-bond donors (Lipinski definition) is 1. The van der Waals surface area contributed by atoms with Crippen LogP contribution in [-0.4, -0.2) is 30.5 Å². The van der Waals surface area contributed by atoms with Crippen molar-refractivity contribution in [2.75, 3.05) is 13.2 Å². The lowest BCUT2D eigenvalue weighted by molar-refractivity contribution is -0.153. The minimum absolute atomic E-state index is 0.0234. The van der Waals surface area contributed by atoms with E-state index in [1.54, 1.807) is 6.92 Å². The molecule has 0 saturated heterocycles. The highest BCUT2D eigenvalue weighted by atomic mass is 19.4. The Kier molecular flexibility index (Phi) is 4.41. The van der Waals surface area contributed by atoms with Gasteiger partial charge in [-0.25, -0.2) is 4.79 Å². The highest BCUT2D eigenvalue weighted by molar-refractivity contribution is 5.94. The first-order valence-corrected chi connectivity index (χ1v) is 5.03. The third-order valence-corrected chi connectivity index (χ3v) is 1.89. The average Bonchev–Trinajstić information content (AvgIpc) is 2.25. The number of benzene rings is 1.